The van der Waals surface area contributed by atoms with Crippen LogP contribution in [0.2, 0.25) is 0 Å². The van der Waals surface area contributed by atoms with Gasteiger partial charge in [0.15, 0.2) is 6.35 Å². The third-order valence-corrected chi connectivity index (χ3v) is 9.37. The lowest BCUT2D eigenvalue weighted by Crippen LogP contribution is -2.57. The molecule has 1 atom stereocenters. The second kappa shape index (κ2) is 11.3. The van der Waals surface area contributed by atoms with E-state index in [2.05, 4.69) is 64.5 Å². The molecule has 1 aromatic carbocycles. The number of amides is 1. The van der Waals surface area contributed by atoms with Crippen LogP contribution in [0.3, 0.4) is 0 Å². The molecule has 1 spiro atoms. The highest BCUT2D eigenvalue weighted by Gasteiger charge is 2.55. The fourth-order valence-electron chi connectivity index (χ4n) is 6.76. The third-order valence-electron chi connectivity index (χ3n) is 9.37. The fraction of sp³-hybridized carbons (Fsp3) is 0.567. The molecule has 2 aliphatic carbocycles. The topological polar surface area (TPSA) is 98.2 Å². The van der Waals surface area contributed by atoms with E-state index in [0.29, 0.717) is 23.8 Å². The van der Waals surface area contributed by atoms with Gasteiger partial charge < -0.3 is 15.2 Å². The molecule has 2 N–H and O–H groups in total. The minimum atomic E-state index is -0.797. The summed E-state index contributed by atoms with van der Waals surface area (Å²) >= 11 is 0. The predicted molar refractivity (Wildman–Crippen MR) is 149 cm³/mol. The fourth-order valence-corrected chi connectivity index (χ4v) is 6.76. The standard InChI is InChI=1S/C30H41N5O4/c1-33(2)30(24-10-5-4-6-11-24)16-14-29(15-17-30)21-34(28(38)35(29)19-22-8-7-9-22)20-26(36)32-25-13-12-23(18-31-25)27(37)39-3/h4-6,10-13,18,22,28,38H,7-9,14-17,19-21H2,1-3H3,(H,31,32,36)/t28?,29-,30+. The van der Waals surface area contributed by atoms with Gasteiger partial charge in [-0.1, -0.05) is 36.8 Å². The van der Waals surface area contributed by atoms with Gasteiger partial charge in [-0.2, -0.15) is 0 Å². The molecule has 9 heteroatoms. The number of carbonyl (C=O) groups is 2. The molecule has 1 unspecified atom stereocenters. The van der Waals surface area contributed by atoms with Crippen LogP contribution in [0.4, 0.5) is 5.82 Å². The van der Waals surface area contributed by atoms with Crippen molar-refractivity contribution in [3.05, 3.63) is 59.8 Å². The smallest absolute Gasteiger partial charge is 0.339 e. The van der Waals surface area contributed by atoms with Gasteiger partial charge in [-0.3, -0.25) is 19.5 Å². The molecular weight excluding hydrogens is 494 g/mol. The number of ether oxygens (including phenoxy) is 1. The Bertz CT molecular complexity index is 1140. The summed E-state index contributed by atoms with van der Waals surface area (Å²) in [4.78, 5) is 35.4. The summed E-state index contributed by atoms with van der Waals surface area (Å²) in [7, 11) is 5.65. The molecule has 210 valence electrons. The Morgan fingerprint density at radius 1 is 1.10 bits per heavy atom. The van der Waals surface area contributed by atoms with Crippen molar-refractivity contribution in [1.29, 1.82) is 0 Å². The van der Waals surface area contributed by atoms with Crippen molar-refractivity contribution in [3.63, 3.8) is 0 Å². The zero-order valence-corrected chi connectivity index (χ0v) is 23.3. The summed E-state index contributed by atoms with van der Waals surface area (Å²) < 4.78 is 4.70. The molecule has 2 aromatic rings. The molecule has 0 radical (unpaired) electrons. The molecule has 39 heavy (non-hydrogen) atoms. The number of esters is 1. The Hall–Kier alpha value is -2.85. The largest absolute Gasteiger partial charge is 0.465 e. The minimum Gasteiger partial charge on any atom is -0.465 e. The normalized spacial score (nSPS) is 28.0. The van der Waals surface area contributed by atoms with Crippen LogP contribution in [-0.2, 0) is 15.1 Å². The lowest BCUT2D eigenvalue weighted by atomic mass is 9.68. The van der Waals surface area contributed by atoms with E-state index in [4.69, 9.17) is 4.74 Å². The zero-order valence-electron chi connectivity index (χ0n) is 23.3. The maximum atomic E-state index is 13.0. The van der Waals surface area contributed by atoms with Gasteiger partial charge in [0, 0.05) is 30.4 Å². The first-order chi connectivity index (χ1) is 18.8. The van der Waals surface area contributed by atoms with Crippen LogP contribution >= 0.6 is 0 Å². The molecule has 0 bridgehead atoms. The quantitative estimate of drug-likeness (QED) is 0.497. The van der Waals surface area contributed by atoms with Crippen LogP contribution < -0.4 is 5.32 Å². The molecule has 1 saturated heterocycles. The molecule has 3 fully saturated rings. The summed E-state index contributed by atoms with van der Waals surface area (Å²) in [5.41, 5.74) is 1.47. The van der Waals surface area contributed by atoms with Crippen LogP contribution in [0.1, 0.15) is 60.9 Å². The lowest BCUT2D eigenvalue weighted by Gasteiger charge is -2.52. The number of carbonyl (C=O) groups excluding carboxylic acids is 2. The lowest BCUT2D eigenvalue weighted by molar-refractivity contribution is -0.126. The maximum Gasteiger partial charge on any atom is 0.339 e. The summed E-state index contributed by atoms with van der Waals surface area (Å²) in [6, 6.07) is 13.9. The Morgan fingerprint density at radius 2 is 1.82 bits per heavy atom. The van der Waals surface area contributed by atoms with Crippen molar-refractivity contribution in [2.75, 3.05) is 46.2 Å². The number of aliphatic hydroxyl groups excluding tert-OH is 1. The van der Waals surface area contributed by atoms with E-state index >= 15 is 0 Å². The zero-order chi connectivity index (χ0) is 27.6. The van der Waals surface area contributed by atoms with Gasteiger partial charge in [0.1, 0.15) is 5.82 Å². The van der Waals surface area contributed by atoms with Crippen LogP contribution in [0.25, 0.3) is 0 Å². The van der Waals surface area contributed by atoms with Crippen LogP contribution in [-0.4, -0.2) is 89.4 Å². The monoisotopic (exact) mass is 535 g/mol. The Labute approximate surface area is 231 Å². The molecule has 2 heterocycles. The molecule has 1 aromatic heterocycles. The second-order valence-corrected chi connectivity index (χ2v) is 11.7. The summed E-state index contributed by atoms with van der Waals surface area (Å²) in [6.07, 6.45) is 8.16. The molecule has 2 saturated carbocycles. The SMILES string of the molecule is COC(=O)c1ccc(NC(=O)CN2C[C@]3(CC[C@](c4ccccc4)(N(C)C)CC3)N(CC3CCC3)C2O)nc1. The Kier molecular flexibility index (Phi) is 8.05. The van der Waals surface area contributed by atoms with Crippen molar-refractivity contribution in [2.45, 2.75) is 62.4 Å². The molecular formula is C30H41N5O4. The molecule has 5 rings (SSSR count). The summed E-state index contributed by atoms with van der Waals surface area (Å²) in [5, 5.41) is 14.3. The van der Waals surface area contributed by atoms with Crippen LogP contribution in [0.5, 0.6) is 0 Å². The van der Waals surface area contributed by atoms with Crippen molar-refractivity contribution in [2.24, 2.45) is 5.92 Å². The Morgan fingerprint density at radius 3 is 2.38 bits per heavy atom. The number of nitrogens with zero attached hydrogens (tertiary/aromatic N) is 4. The first kappa shape index (κ1) is 27.7. The molecule has 1 aliphatic heterocycles. The highest BCUT2D eigenvalue weighted by atomic mass is 16.5. The number of anilines is 1. The van der Waals surface area contributed by atoms with Crippen LogP contribution in [0, 0.1) is 5.92 Å². The maximum absolute atomic E-state index is 13.0. The predicted octanol–water partition coefficient (Wildman–Crippen LogP) is 3.27. The highest BCUT2D eigenvalue weighted by Crippen LogP contribution is 2.50. The van der Waals surface area contributed by atoms with E-state index in [9.17, 15) is 14.7 Å². The number of pyridine rings is 1. The number of rotatable bonds is 8. The number of nitrogens with one attached hydrogen (secondary N) is 1. The van der Waals surface area contributed by atoms with E-state index in [-0.39, 0.29) is 23.5 Å². The van der Waals surface area contributed by atoms with Gasteiger partial charge in [-0.25, -0.2) is 9.78 Å². The van der Waals surface area contributed by atoms with E-state index < -0.39 is 12.3 Å². The molecule has 9 nitrogen and oxygen atoms in total. The number of hydrogen-bond donors (Lipinski definition) is 2. The van der Waals surface area contributed by atoms with Crippen molar-refractivity contribution < 1.29 is 19.4 Å². The first-order valence-electron chi connectivity index (χ1n) is 14.0. The first-order valence-corrected chi connectivity index (χ1v) is 14.0. The number of aliphatic hydroxyl groups is 1. The summed E-state index contributed by atoms with van der Waals surface area (Å²) in [6.45, 7) is 1.60. The number of hydrogen-bond acceptors (Lipinski definition) is 8. The number of benzene rings is 1. The van der Waals surface area contributed by atoms with Gasteiger partial charge in [0.05, 0.1) is 19.2 Å². The van der Waals surface area contributed by atoms with Gasteiger partial charge in [0.25, 0.3) is 0 Å². The minimum absolute atomic E-state index is 0.0353. The van der Waals surface area contributed by atoms with Crippen molar-refractivity contribution >= 4 is 17.7 Å². The van der Waals surface area contributed by atoms with Gasteiger partial charge >= 0.3 is 5.97 Å². The number of methoxy groups -OCH3 is 1. The number of aromatic nitrogens is 1. The third kappa shape index (κ3) is 5.45. The average Bonchev–Trinajstić information content (AvgIpc) is 3.16. The van der Waals surface area contributed by atoms with E-state index in [1.165, 1.54) is 38.1 Å². The van der Waals surface area contributed by atoms with Crippen molar-refractivity contribution in [3.8, 4) is 0 Å². The molecule has 3 aliphatic rings. The Balaban J connectivity index is 1.30. The molecule has 1 amide bonds. The van der Waals surface area contributed by atoms with Gasteiger partial charge in [0.2, 0.25) is 5.91 Å². The van der Waals surface area contributed by atoms with E-state index in [0.717, 1.165) is 32.2 Å². The summed E-state index contributed by atoms with van der Waals surface area (Å²) in [5.74, 6) is 0.252. The van der Waals surface area contributed by atoms with Crippen LogP contribution in [0.15, 0.2) is 48.7 Å². The van der Waals surface area contributed by atoms with E-state index in [1.807, 2.05) is 4.90 Å². The second-order valence-electron chi connectivity index (χ2n) is 11.7. The highest BCUT2D eigenvalue weighted by molar-refractivity contribution is 5.92. The average molecular weight is 536 g/mol. The van der Waals surface area contributed by atoms with Crippen molar-refractivity contribution in [1.82, 2.24) is 19.7 Å². The van der Waals surface area contributed by atoms with E-state index in [1.54, 1.807) is 12.1 Å². The van der Waals surface area contributed by atoms with Gasteiger partial charge in [-0.05, 0) is 76.2 Å². The van der Waals surface area contributed by atoms with Gasteiger partial charge in [-0.15, -0.1) is 0 Å².